The molecule has 0 spiro atoms. The van der Waals surface area contributed by atoms with E-state index >= 15 is 0 Å². The van der Waals surface area contributed by atoms with Gasteiger partial charge in [0.15, 0.2) is 11.5 Å². The SMILES string of the molecule is CC(C)N[C@H]1CCc2cc(OCc3ccccc3)c(OCc3ccccc3)cc2[C@@H]1O. The van der Waals surface area contributed by atoms with Crippen molar-refractivity contribution in [1.29, 1.82) is 0 Å². The lowest BCUT2D eigenvalue weighted by molar-refractivity contribution is 0.110. The van der Waals surface area contributed by atoms with Gasteiger partial charge in [-0.15, -0.1) is 0 Å². The molecule has 4 heteroatoms. The Hall–Kier alpha value is -2.82. The van der Waals surface area contributed by atoms with E-state index in [1.807, 2.05) is 60.7 Å². The summed E-state index contributed by atoms with van der Waals surface area (Å²) in [5, 5.41) is 14.5. The maximum atomic E-state index is 11.0. The molecule has 3 aromatic rings. The molecule has 162 valence electrons. The van der Waals surface area contributed by atoms with Crippen LogP contribution in [0.5, 0.6) is 11.5 Å². The number of hydrogen-bond donors (Lipinski definition) is 2. The minimum atomic E-state index is -0.562. The zero-order chi connectivity index (χ0) is 21.6. The number of fused-ring (bicyclic) bond motifs is 1. The molecule has 1 aliphatic rings. The van der Waals surface area contributed by atoms with Gasteiger partial charge in [0.1, 0.15) is 13.2 Å². The van der Waals surface area contributed by atoms with Gasteiger partial charge >= 0.3 is 0 Å². The van der Waals surface area contributed by atoms with Gasteiger partial charge < -0.3 is 19.9 Å². The number of aliphatic hydroxyl groups excluding tert-OH is 1. The van der Waals surface area contributed by atoms with Gasteiger partial charge in [-0.1, -0.05) is 74.5 Å². The van der Waals surface area contributed by atoms with E-state index in [0.29, 0.717) is 25.0 Å². The van der Waals surface area contributed by atoms with Crippen molar-refractivity contribution in [3.8, 4) is 11.5 Å². The Balaban J connectivity index is 1.59. The quantitative estimate of drug-likeness (QED) is 0.530. The van der Waals surface area contributed by atoms with Crippen molar-refractivity contribution in [2.75, 3.05) is 0 Å². The van der Waals surface area contributed by atoms with E-state index in [9.17, 15) is 5.11 Å². The molecule has 4 nitrogen and oxygen atoms in total. The fourth-order valence-corrected chi connectivity index (χ4v) is 4.09. The summed E-state index contributed by atoms with van der Waals surface area (Å²) in [5.41, 5.74) is 4.26. The number of ether oxygens (including phenoxy) is 2. The second-order valence-electron chi connectivity index (χ2n) is 8.46. The molecule has 4 rings (SSSR count). The Labute approximate surface area is 184 Å². The maximum absolute atomic E-state index is 11.0. The summed E-state index contributed by atoms with van der Waals surface area (Å²) in [6, 6.07) is 24.6. The molecule has 0 bridgehead atoms. The summed E-state index contributed by atoms with van der Waals surface area (Å²) in [5.74, 6) is 1.39. The highest BCUT2D eigenvalue weighted by Crippen LogP contribution is 2.39. The standard InChI is InChI=1S/C27H31NO3/c1-19(2)28-24-14-13-22-15-25(30-17-20-9-5-3-6-10-20)26(16-23(22)27(24)29)31-18-21-11-7-4-8-12-21/h3-12,15-16,19,24,27-29H,13-14,17-18H2,1-2H3/t24-,27-/m0/s1. The van der Waals surface area contributed by atoms with E-state index in [1.165, 1.54) is 0 Å². The summed E-state index contributed by atoms with van der Waals surface area (Å²) in [6.45, 7) is 5.14. The molecule has 0 fully saturated rings. The largest absolute Gasteiger partial charge is 0.485 e. The molecule has 0 unspecified atom stereocenters. The smallest absolute Gasteiger partial charge is 0.162 e. The Morgan fingerprint density at radius 2 is 1.42 bits per heavy atom. The van der Waals surface area contributed by atoms with E-state index in [0.717, 1.165) is 40.8 Å². The van der Waals surface area contributed by atoms with Crippen LogP contribution in [0.1, 0.15) is 48.6 Å². The summed E-state index contributed by atoms with van der Waals surface area (Å²) < 4.78 is 12.4. The van der Waals surface area contributed by atoms with Gasteiger partial charge in [-0.25, -0.2) is 0 Å². The van der Waals surface area contributed by atoms with Crippen LogP contribution in [0.3, 0.4) is 0 Å². The van der Waals surface area contributed by atoms with E-state index in [4.69, 9.17) is 9.47 Å². The first-order valence-electron chi connectivity index (χ1n) is 11.0. The molecule has 3 aromatic carbocycles. The number of benzene rings is 3. The van der Waals surface area contributed by atoms with Gasteiger partial charge in [0.25, 0.3) is 0 Å². The lowest BCUT2D eigenvalue weighted by Crippen LogP contribution is -2.41. The van der Waals surface area contributed by atoms with Crippen LogP contribution in [0.4, 0.5) is 0 Å². The van der Waals surface area contributed by atoms with Crippen molar-refractivity contribution >= 4 is 0 Å². The van der Waals surface area contributed by atoms with Gasteiger partial charge in [-0.2, -0.15) is 0 Å². The molecular formula is C27H31NO3. The Bertz CT molecular complexity index is 973. The Morgan fingerprint density at radius 3 is 1.97 bits per heavy atom. The first kappa shape index (κ1) is 21.4. The van der Waals surface area contributed by atoms with Crippen LogP contribution in [0.25, 0.3) is 0 Å². The van der Waals surface area contributed by atoms with Gasteiger partial charge in [-0.05, 0) is 47.2 Å². The molecule has 0 aliphatic heterocycles. The number of hydrogen-bond acceptors (Lipinski definition) is 4. The number of rotatable bonds is 8. The van der Waals surface area contributed by atoms with Crippen molar-refractivity contribution in [2.24, 2.45) is 0 Å². The minimum Gasteiger partial charge on any atom is -0.485 e. The van der Waals surface area contributed by atoms with Gasteiger partial charge in [0, 0.05) is 12.1 Å². The summed E-state index contributed by atoms with van der Waals surface area (Å²) >= 11 is 0. The second-order valence-corrected chi connectivity index (χ2v) is 8.46. The molecule has 0 heterocycles. The molecule has 0 aromatic heterocycles. The van der Waals surface area contributed by atoms with Crippen LogP contribution in [-0.2, 0) is 19.6 Å². The zero-order valence-electron chi connectivity index (χ0n) is 18.3. The fraction of sp³-hybridized carbons (Fsp3) is 0.333. The zero-order valence-corrected chi connectivity index (χ0v) is 18.3. The van der Waals surface area contributed by atoms with Gasteiger partial charge in [0.05, 0.1) is 6.10 Å². The predicted molar refractivity (Wildman–Crippen MR) is 123 cm³/mol. The molecule has 2 N–H and O–H groups in total. The van der Waals surface area contributed by atoms with Crippen LogP contribution in [0, 0.1) is 0 Å². The van der Waals surface area contributed by atoms with Gasteiger partial charge in [-0.3, -0.25) is 0 Å². The van der Waals surface area contributed by atoms with Crippen molar-refractivity contribution in [2.45, 2.75) is 58.1 Å². The highest BCUT2D eigenvalue weighted by Gasteiger charge is 2.30. The lowest BCUT2D eigenvalue weighted by atomic mass is 9.85. The van der Waals surface area contributed by atoms with Crippen LogP contribution >= 0.6 is 0 Å². The monoisotopic (exact) mass is 417 g/mol. The highest BCUT2D eigenvalue weighted by molar-refractivity contribution is 5.50. The lowest BCUT2D eigenvalue weighted by Gasteiger charge is -2.33. The molecule has 1 aliphatic carbocycles. The third-order valence-electron chi connectivity index (χ3n) is 5.65. The average molecular weight is 418 g/mol. The van der Waals surface area contributed by atoms with E-state index in [1.54, 1.807) is 0 Å². The molecule has 0 amide bonds. The molecule has 2 atom stereocenters. The highest BCUT2D eigenvalue weighted by atomic mass is 16.5. The molecule has 0 radical (unpaired) electrons. The van der Waals surface area contributed by atoms with Crippen molar-refractivity contribution < 1.29 is 14.6 Å². The normalized spacial score (nSPS) is 17.9. The molecule has 31 heavy (non-hydrogen) atoms. The number of aliphatic hydroxyl groups is 1. The Kier molecular flexibility index (Phi) is 6.90. The van der Waals surface area contributed by atoms with Gasteiger partial charge in [0.2, 0.25) is 0 Å². The third-order valence-corrected chi connectivity index (χ3v) is 5.65. The summed E-state index contributed by atoms with van der Waals surface area (Å²) in [4.78, 5) is 0. The van der Waals surface area contributed by atoms with Crippen LogP contribution in [0.2, 0.25) is 0 Å². The molecule has 0 saturated carbocycles. The second kappa shape index (κ2) is 9.99. The number of aryl methyl sites for hydroxylation is 1. The van der Waals surface area contributed by atoms with E-state index in [-0.39, 0.29) is 6.04 Å². The maximum Gasteiger partial charge on any atom is 0.162 e. The Morgan fingerprint density at radius 1 is 0.871 bits per heavy atom. The summed E-state index contributed by atoms with van der Waals surface area (Å²) in [7, 11) is 0. The van der Waals surface area contributed by atoms with Crippen molar-refractivity contribution in [1.82, 2.24) is 5.32 Å². The minimum absolute atomic E-state index is 0.0468. The summed E-state index contributed by atoms with van der Waals surface area (Å²) in [6.07, 6.45) is 1.24. The average Bonchev–Trinajstić information content (AvgIpc) is 2.79. The molecule has 0 saturated heterocycles. The predicted octanol–water partition coefficient (Wildman–Crippen LogP) is 5.19. The molecular weight excluding hydrogens is 386 g/mol. The van der Waals surface area contributed by atoms with Crippen LogP contribution in [-0.4, -0.2) is 17.2 Å². The first-order chi connectivity index (χ1) is 15.1. The van der Waals surface area contributed by atoms with Crippen molar-refractivity contribution in [3.63, 3.8) is 0 Å². The van der Waals surface area contributed by atoms with Crippen LogP contribution < -0.4 is 14.8 Å². The first-order valence-corrected chi connectivity index (χ1v) is 11.0. The fourth-order valence-electron chi connectivity index (χ4n) is 4.09. The third kappa shape index (κ3) is 5.46. The van der Waals surface area contributed by atoms with E-state index in [2.05, 4.69) is 31.3 Å². The number of nitrogens with one attached hydrogen (secondary N) is 1. The van der Waals surface area contributed by atoms with Crippen LogP contribution in [0.15, 0.2) is 72.8 Å². The topological polar surface area (TPSA) is 50.7 Å². The van der Waals surface area contributed by atoms with Crippen molar-refractivity contribution in [3.05, 3.63) is 95.1 Å². The van der Waals surface area contributed by atoms with E-state index < -0.39 is 6.10 Å².